The van der Waals surface area contributed by atoms with Crippen LogP contribution in [0.1, 0.15) is 38.7 Å². The van der Waals surface area contributed by atoms with Gasteiger partial charge >= 0.3 is 0 Å². The molecule has 1 aliphatic carbocycles. The molecule has 5 nitrogen and oxygen atoms in total. The van der Waals surface area contributed by atoms with E-state index in [4.69, 9.17) is 0 Å². The van der Waals surface area contributed by atoms with Crippen molar-refractivity contribution in [3.05, 3.63) is 35.6 Å². The minimum absolute atomic E-state index is 0.0120. The van der Waals surface area contributed by atoms with Crippen molar-refractivity contribution in [1.82, 2.24) is 16.0 Å². The van der Waals surface area contributed by atoms with Gasteiger partial charge in [-0.1, -0.05) is 18.2 Å². The molecule has 0 aromatic heterocycles. The van der Waals surface area contributed by atoms with Crippen molar-refractivity contribution in [2.75, 3.05) is 20.1 Å². The Morgan fingerprint density at radius 1 is 1.29 bits per heavy atom. The zero-order chi connectivity index (χ0) is 17.6. The number of amides is 1. The lowest BCUT2D eigenvalue weighted by molar-refractivity contribution is -0.121. The van der Waals surface area contributed by atoms with Crippen molar-refractivity contribution >= 4 is 11.9 Å². The molecule has 132 valence electrons. The second-order valence-corrected chi connectivity index (χ2v) is 6.58. The van der Waals surface area contributed by atoms with E-state index in [1.165, 1.54) is 6.07 Å². The predicted molar refractivity (Wildman–Crippen MR) is 94.6 cm³/mol. The van der Waals surface area contributed by atoms with E-state index in [9.17, 15) is 9.18 Å². The molecule has 0 atom stereocenters. The summed E-state index contributed by atoms with van der Waals surface area (Å²) in [5, 5.41) is 9.22. The number of hydrogen-bond donors (Lipinski definition) is 3. The summed E-state index contributed by atoms with van der Waals surface area (Å²) in [7, 11) is 1.69. The van der Waals surface area contributed by atoms with Crippen molar-refractivity contribution in [3.8, 4) is 0 Å². The van der Waals surface area contributed by atoms with Gasteiger partial charge in [0.05, 0.1) is 0 Å². The Hall–Kier alpha value is -2.11. The van der Waals surface area contributed by atoms with E-state index in [2.05, 4.69) is 20.9 Å². The Labute approximate surface area is 143 Å². The molecule has 0 aliphatic heterocycles. The van der Waals surface area contributed by atoms with Crippen LogP contribution < -0.4 is 16.0 Å². The van der Waals surface area contributed by atoms with Crippen molar-refractivity contribution in [2.24, 2.45) is 4.99 Å². The zero-order valence-corrected chi connectivity index (χ0v) is 14.7. The van der Waals surface area contributed by atoms with Crippen LogP contribution in [0.3, 0.4) is 0 Å². The molecular weight excluding hydrogens is 307 g/mol. The summed E-state index contributed by atoms with van der Waals surface area (Å²) >= 11 is 0. The van der Waals surface area contributed by atoms with Crippen LogP contribution in [0.4, 0.5) is 4.39 Å². The molecule has 6 heteroatoms. The SMILES string of the molecule is CN=C(NCCC(=O)NC(C)C)NCC1(c2ccccc2F)CC1. The number of aliphatic imine (C=N–C) groups is 1. The van der Waals surface area contributed by atoms with E-state index in [1.807, 2.05) is 26.0 Å². The summed E-state index contributed by atoms with van der Waals surface area (Å²) in [4.78, 5) is 15.8. The smallest absolute Gasteiger partial charge is 0.221 e. The van der Waals surface area contributed by atoms with E-state index in [-0.39, 0.29) is 23.2 Å². The van der Waals surface area contributed by atoms with Gasteiger partial charge in [0.25, 0.3) is 0 Å². The molecule has 0 saturated heterocycles. The Kier molecular flexibility index (Phi) is 6.17. The van der Waals surface area contributed by atoms with Gasteiger partial charge in [-0.3, -0.25) is 9.79 Å². The van der Waals surface area contributed by atoms with E-state index in [1.54, 1.807) is 13.1 Å². The maximum Gasteiger partial charge on any atom is 0.221 e. The maximum atomic E-state index is 14.0. The van der Waals surface area contributed by atoms with Crippen molar-refractivity contribution < 1.29 is 9.18 Å². The van der Waals surface area contributed by atoms with Crippen LogP contribution in [0.15, 0.2) is 29.3 Å². The minimum atomic E-state index is -0.148. The minimum Gasteiger partial charge on any atom is -0.356 e. The van der Waals surface area contributed by atoms with Crippen LogP contribution in [0, 0.1) is 5.82 Å². The first-order valence-corrected chi connectivity index (χ1v) is 8.46. The lowest BCUT2D eigenvalue weighted by atomic mass is 9.95. The molecule has 1 aromatic rings. The van der Waals surface area contributed by atoms with Gasteiger partial charge in [0.15, 0.2) is 5.96 Å². The van der Waals surface area contributed by atoms with Gasteiger partial charge in [-0.15, -0.1) is 0 Å². The average Bonchev–Trinajstić information content (AvgIpc) is 3.31. The highest BCUT2D eigenvalue weighted by Gasteiger charge is 2.45. The molecule has 1 amide bonds. The molecular formula is C18H27FN4O. The number of benzene rings is 1. The Balaban J connectivity index is 1.80. The van der Waals surface area contributed by atoms with Gasteiger partial charge in [-0.25, -0.2) is 4.39 Å². The molecule has 0 unspecified atom stereocenters. The second kappa shape index (κ2) is 8.13. The molecule has 3 N–H and O–H groups in total. The highest BCUT2D eigenvalue weighted by Crippen LogP contribution is 2.48. The number of carbonyl (C=O) groups is 1. The van der Waals surface area contributed by atoms with Gasteiger partial charge in [0, 0.05) is 38.0 Å². The maximum absolute atomic E-state index is 14.0. The van der Waals surface area contributed by atoms with Gasteiger partial charge in [0.1, 0.15) is 5.82 Å². The lowest BCUT2D eigenvalue weighted by Crippen LogP contribution is -2.43. The molecule has 1 aliphatic rings. The van der Waals surface area contributed by atoms with Crippen LogP contribution in [-0.4, -0.2) is 38.0 Å². The number of rotatable bonds is 7. The molecule has 0 heterocycles. The summed E-state index contributed by atoms with van der Waals surface area (Å²) in [6, 6.07) is 7.10. The van der Waals surface area contributed by atoms with E-state index in [0.717, 1.165) is 18.4 Å². The van der Waals surface area contributed by atoms with Gasteiger partial charge < -0.3 is 16.0 Å². The Bertz CT molecular complexity index is 596. The van der Waals surface area contributed by atoms with Crippen LogP contribution in [0.5, 0.6) is 0 Å². The van der Waals surface area contributed by atoms with Crippen molar-refractivity contribution in [1.29, 1.82) is 0 Å². The van der Waals surface area contributed by atoms with Gasteiger partial charge in [0.2, 0.25) is 5.91 Å². The Morgan fingerprint density at radius 2 is 2.00 bits per heavy atom. The molecule has 0 spiro atoms. The standard InChI is InChI=1S/C18H27FN4O/c1-13(2)23-16(24)8-11-21-17(20-3)22-12-18(9-10-18)14-6-4-5-7-15(14)19/h4-7,13H,8-12H2,1-3H3,(H,23,24)(H2,20,21,22). The summed E-state index contributed by atoms with van der Waals surface area (Å²) < 4.78 is 14.0. The summed E-state index contributed by atoms with van der Waals surface area (Å²) in [5.41, 5.74) is 0.627. The molecule has 1 fully saturated rings. The first-order valence-electron chi connectivity index (χ1n) is 8.46. The van der Waals surface area contributed by atoms with Crippen LogP contribution in [-0.2, 0) is 10.2 Å². The lowest BCUT2D eigenvalue weighted by Gasteiger charge is -2.19. The highest BCUT2D eigenvalue weighted by atomic mass is 19.1. The quantitative estimate of drug-likeness (QED) is 0.527. The fourth-order valence-corrected chi connectivity index (χ4v) is 2.75. The summed E-state index contributed by atoms with van der Waals surface area (Å²) in [6.45, 7) is 5.00. The van der Waals surface area contributed by atoms with Gasteiger partial charge in [-0.05, 0) is 38.3 Å². The monoisotopic (exact) mass is 334 g/mol. The van der Waals surface area contributed by atoms with E-state index in [0.29, 0.717) is 25.5 Å². The van der Waals surface area contributed by atoms with Gasteiger partial charge in [-0.2, -0.15) is 0 Å². The Morgan fingerprint density at radius 3 is 2.58 bits per heavy atom. The first kappa shape index (κ1) is 18.2. The average molecular weight is 334 g/mol. The molecule has 2 rings (SSSR count). The number of nitrogens with zero attached hydrogens (tertiary/aromatic N) is 1. The highest BCUT2D eigenvalue weighted by molar-refractivity contribution is 5.81. The van der Waals surface area contributed by atoms with Crippen LogP contribution in [0.25, 0.3) is 0 Å². The number of guanidine groups is 1. The van der Waals surface area contributed by atoms with Crippen LogP contribution >= 0.6 is 0 Å². The third-order valence-corrected chi connectivity index (χ3v) is 4.21. The normalized spacial score (nSPS) is 16.0. The number of nitrogens with one attached hydrogen (secondary N) is 3. The molecule has 1 aromatic carbocycles. The van der Waals surface area contributed by atoms with Crippen LogP contribution in [0.2, 0.25) is 0 Å². The molecule has 24 heavy (non-hydrogen) atoms. The molecule has 0 bridgehead atoms. The van der Waals surface area contributed by atoms with E-state index >= 15 is 0 Å². The van der Waals surface area contributed by atoms with Crippen molar-refractivity contribution in [3.63, 3.8) is 0 Å². The first-order chi connectivity index (χ1) is 11.5. The number of carbonyl (C=O) groups excluding carboxylic acids is 1. The fourth-order valence-electron chi connectivity index (χ4n) is 2.75. The summed E-state index contributed by atoms with van der Waals surface area (Å²) in [5.74, 6) is 0.498. The number of hydrogen-bond acceptors (Lipinski definition) is 2. The van der Waals surface area contributed by atoms with Crippen molar-refractivity contribution in [2.45, 2.75) is 44.6 Å². The molecule has 1 saturated carbocycles. The number of halogens is 1. The largest absolute Gasteiger partial charge is 0.356 e. The third kappa shape index (κ3) is 4.94. The van der Waals surface area contributed by atoms with E-state index < -0.39 is 0 Å². The third-order valence-electron chi connectivity index (χ3n) is 4.21. The zero-order valence-electron chi connectivity index (χ0n) is 14.7. The predicted octanol–water partition coefficient (Wildman–Crippen LogP) is 1.94. The topological polar surface area (TPSA) is 65.5 Å². The molecule has 0 radical (unpaired) electrons. The summed E-state index contributed by atoms with van der Waals surface area (Å²) in [6.07, 6.45) is 2.32. The second-order valence-electron chi connectivity index (χ2n) is 6.58. The fraction of sp³-hybridized carbons (Fsp3) is 0.556.